The first-order valence-corrected chi connectivity index (χ1v) is 3.94. The van der Waals surface area contributed by atoms with Gasteiger partial charge in [0.2, 0.25) is 0 Å². The van der Waals surface area contributed by atoms with E-state index >= 15 is 0 Å². The van der Waals surface area contributed by atoms with Crippen LogP contribution in [0.3, 0.4) is 0 Å². The lowest BCUT2D eigenvalue weighted by atomic mass is 10.2. The first kappa shape index (κ1) is 7.55. The highest BCUT2D eigenvalue weighted by atomic mass is 35.5. The second-order valence-electron chi connectivity index (χ2n) is 2.63. The molecule has 2 aromatic heterocycles. The van der Waals surface area contributed by atoms with Crippen LogP contribution < -0.4 is 0 Å². The molecule has 0 bridgehead atoms. The Morgan fingerprint density at radius 1 is 1.33 bits per heavy atom. The molecule has 0 amide bonds. The van der Waals surface area contributed by atoms with Gasteiger partial charge in [-0.15, -0.1) is 0 Å². The van der Waals surface area contributed by atoms with E-state index in [0.29, 0.717) is 10.7 Å². The van der Waals surface area contributed by atoms with E-state index in [-0.39, 0.29) is 0 Å². The average molecular weight is 183 g/mol. The Morgan fingerprint density at radius 2 is 2.08 bits per heavy atom. The maximum Gasteiger partial charge on any atom is 0.190 e. The van der Waals surface area contributed by atoms with Gasteiger partial charge in [-0.05, 0) is 13.8 Å². The molecule has 4 heteroatoms. The predicted octanol–water partition coefficient (Wildman–Crippen LogP) is 2.49. The molecule has 2 rings (SSSR count). The molecule has 12 heavy (non-hydrogen) atoms. The molecule has 0 spiro atoms. The molecular weight excluding hydrogens is 176 g/mol. The van der Waals surface area contributed by atoms with E-state index in [4.69, 9.17) is 16.0 Å². The van der Waals surface area contributed by atoms with Crippen LogP contribution in [0.25, 0.3) is 11.1 Å². The van der Waals surface area contributed by atoms with E-state index < -0.39 is 0 Å². The number of aryl methyl sites for hydroxylation is 2. The molecule has 2 heterocycles. The average Bonchev–Trinajstić information content (AvgIpc) is 2.32. The Kier molecular flexibility index (Phi) is 1.54. The summed E-state index contributed by atoms with van der Waals surface area (Å²) in [5, 5.41) is 0.371. The Balaban J connectivity index is 2.95. The number of hydrogen-bond donors (Lipinski definition) is 0. The van der Waals surface area contributed by atoms with Gasteiger partial charge >= 0.3 is 0 Å². The van der Waals surface area contributed by atoms with E-state index in [9.17, 15) is 0 Å². The number of fused-ring (bicyclic) bond motifs is 1. The summed E-state index contributed by atoms with van der Waals surface area (Å²) in [6, 6.07) is 0. The minimum atomic E-state index is 0.371. The van der Waals surface area contributed by atoms with Gasteiger partial charge < -0.3 is 4.42 Å². The third-order valence-corrected chi connectivity index (χ3v) is 2.17. The minimum Gasteiger partial charge on any atom is -0.456 e. The summed E-state index contributed by atoms with van der Waals surface area (Å²) in [6.45, 7) is 3.83. The van der Waals surface area contributed by atoms with Crippen molar-refractivity contribution in [3.63, 3.8) is 0 Å². The van der Waals surface area contributed by atoms with Crippen LogP contribution in [0, 0.1) is 13.8 Å². The van der Waals surface area contributed by atoms with Gasteiger partial charge in [0.1, 0.15) is 17.6 Å². The predicted molar refractivity (Wildman–Crippen MR) is 46.3 cm³/mol. The summed E-state index contributed by atoms with van der Waals surface area (Å²) in [5.41, 5.74) is 2.40. The van der Waals surface area contributed by atoms with Crippen molar-refractivity contribution >= 4 is 22.7 Å². The lowest BCUT2D eigenvalue weighted by molar-refractivity contribution is 0.573. The summed E-state index contributed by atoms with van der Waals surface area (Å²) in [4.78, 5) is 7.90. The number of nitrogens with zero attached hydrogens (tertiary/aromatic N) is 2. The fourth-order valence-corrected chi connectivity index (χ4v) is 1.28. The van der Waals surface area contributed by atoms with Crippen LogP contribution in [0.5, 0.6) is 0 Å². The molecule has 0 saturated carbocycles. The number of hydrogen-bond acceptors (Lipinski definition) is 3. The highest BCUT2D eigenvalue weighted by molar-refractivity contribution is 6.33. The lowest BCUT2D eigenvalue weighted by Crippen LogP contribution is -1.80. The molecule has 0 unspecified atom stereocenters. The molecule has 0 aliphatic heterocycles. The normalized spacial score (nSPS) is 10.9. The van der Waals surface area contributed by atoms with Gasteiger partial charge in [-0.2, -0.15) is 0 Å². The number of halogens is 1. The van der Waals surface area contributed by atoms with Gasteiger partial charge in [0.25, 0.3) is 0 Å². The topological polar surface area (TPSA) is 38.9 Å². The third kappa shape index (κ3) is 0.898. The second kappa shape index (κ2) is 2.45. The molecule has 0 aromatic carbocycles. The van der Waals surface area contributed by atoms with Gasteiger partial charge in [0, 0.05) is 5.56 Å². The zero-order valence-electron chi connectivity index (χ0n) is 6.76. The number of aromatic nitrogens is 2. The molecule has 0 aliphatic rings. The number of rotatable bonds is 0. The SMILES string of the molecule is Cc1oc2c(Cl)ncnc2c1C. The zero-order chi connectivity index (χ0) is 8.72. The van der Waals surface area contributed by atoms with E-state index in [0.717, 1.165) is 16.8 Å². The standard InChI is InChI=1S/C8H7ClN2O/c1-4-5(2)12-7-6(4)10-3-11-8(7)9/h3H,1-2H3. The molecule has 62 valence electrons. The van der Waals surface area contributed by atoms with Gasteiger partial charge in [-0.1, -0.05) is 11.6 Å². The molecule has 3 nitrogen and oxygen atoms in total. The highest BCUT2D eigenvalue weighted by Crippen LogP contribution is 2.26. The van der Waals surface area contributed by atoms with Crippen LogP contribution in [-0.4, -0.2) is 9.97 Å². The molecular formula is C8H7ClN2O. The molecule has 0 aliphatic carbocycles. The molecule has 2 aromatic rings. The van der Waals surface area contributed by atoms with Crippen LogP contribution >= 0.6 is 11.6 Å². The second-order valence-corrected chi connectivity index (χ2v) is 2.98. The van der Waals surface area contributed by atoms with Crippen molar-refractivity contribution < 1.29 is 4.42 Å². The molecule has 0 N–H and O–H groups in total. The van der Waals surface area contributed by atoms with Gasteiger partial charge in [-0.25, -0.2) is 9.97 Å². The smallest absolute Gasteiger partial charge is 0.190 e. The van der Waals surface area contributed by atoms with Crippen molar-refractivity contribution in [3.05, 3.63) is 22.8 Å². The Labute approximate surface area is 74.4 Å². The van der Waals surface area contributed by atoms with Gasteiger partial charge in [0.15, 0.2) is 10.7 Å². The maximum absolute atomic E-state index is 5.80. The van der Waals surface area contributed by atoms with Gasteiger partial charge in [0.05, 0.1) is 0 Å². The first-order valence-electron chi connectivity index (χ1n) is 3.56. The fraction of sp³-hybridized carbons (Fsp3) is 0.250. The highest BCUT2D eigenvalue weighted by Gasteiger charge is 2.10. The van der Waals surface area contributed by atoms with E-state index in [1.807, 2.05) is 13.8 Å². The van der Waals surface area contributed by atoms with Crippen LogP contribution in [0.1, 0.15) is 11.3 Å². The molecule has 0 radical (unpaired) electrons. The molecule has 0 saturated heterocycles. The fourth-order valence-electron chi connectivity index (χ4n) is 1.11. The van der Waals surface area contributed by atoms with Crippen molar-refractivity contribution in [1.29, 1.82) is 0 Å². The summed E-state index contributed by atoms with van der Waals surface area (Å²) in [6.07, 6.45) is 1.44. The van der Waals surface area contributed by atoms with E-state index in [1.54, 1.807) is 0 Å². The Bertz CT molecular complexity index is 436. The van der Waals surface area contributed by atoms with Crippen LogP contribution in [-0.2, 0) is 0 Å². The molecule has 0 fully saturated rings. The van der Waals surface area contributed by atoms with Crippen molar-refractivity contribution in [3.8, 4) is 0 Å². The van der Waals surface area contributed by atoms with Crippen molar-refractivity contribution in [2.45, 2.75) is 13.8 Å². The zero-order valence-corrected chi connectivity index (χ0v) is 7.51. The summed E-state index contributed by atoms with van der Waals surface area (Å²) in [5.74, 6) is 0.840. The van der Waals surface area contributed by atoms with Crippen molar-refractivity contribution in [1.82, 2.24) is 9.97 Å². The molecule has 0 atom stereocenters. The Hall–Kier alpha value is -1.09. The van der Waals surface area contributed by atoms with Crippen molar-refractivity contribution in [2.24, 2.45) is 0 Å². The monoisotopic (exact) mass is 182 g/mol. The maximum atomic E-state index is 5.80. The number of furan rings is 1. The summed E-state index contributed by atoms with van der Waals surface area (Å²) >= 11 is 5.80. The lowest BCUT2D eigenvalue weighted by Gasteiger charge is -1.88. The van der Waals surface area contributed by atoms with Crippen LogP contribution in [0.2, 0.25) is 5.15 Å². The first-order chi connectivity index (χ1) is 5.70. The summed E-state index contributed by atoms with van der Waals surface area (Å²) in [7, 11) is 0. The minimum absolute atomic E-state index is 0.371. The largest absolute Gasteiger partial charge is 0.456 e. The summed E-state index contributed by atoms with van der Waals surface area (Å²) < 4.78 is 5.37. The third-order valence-electron chi connectivity index (χ3n) is 1.90. The quantitative estimate of drug-likeness (QED) is 0.588. The van der Waals surface area contributed by atoms with Crippen LogP contribution in [0.15, 0.2) is 10.7 Å². The Morgan fingerprint density at radius 3 is 2.75 bits per heavy atom. The van der Waals surface area contributed by atoms with Crippen molar-refractivity contribution in [2.75, 3.05) is 0 Å². The van der Waals surface area contributed by atoms with E-state index in [1.165, 1.54) is 6.33 Å². The van der Waals surface area contributed by atoms with Gasteiger partial charge in [-0.3, -0.25) is 0 Å². The van der Waals surface area contributed by atoms with Crippen LogP contribution in [0.4, 0.5) is 0 Å². The van der Waals surface area contributed by atoms with E-state index in [2.05, 4.69) is 9.97 Å².